The highest BCUT2D eigenvalue weighted by Crippen LogP contribution is 2.30. The molecule has 0 fully saturated rings. The van der Waals surface area contributed by atoms with Crippen molar-refractivity contribution in [1.82, 2.24) is 5.32 Å². The first kappa shape index (κ1) is 15.8. The van der Waals surface area contributed by atoms with Crippen molar-refractivity contribution in [1.29, 1.82) is 5.26 Å². The molecule has 1 aromatic rings. The molecular formula is C17H18N2O3. The molecule has 5 nitrogen and oxygen atoms in total. The zero-order valence-electron chi connectivity index (χ0n) is 12.6. The largest absolute Gasteiger partial charge is 0.485 e. The van der Waals surface area contributed by atoms with Gasteiger partial charge in [-0.2, -0.15) is 5.26 Å². The van der Waals surface area contributed by atoms with Gasteiger partial charge in [0.05, 0.1) is 6.61 Å². The number of nitrogens with one attached hydrogen (secondary N) is 1. The number of amides is 1. The van der Waals surface area contributed by atoms with Crippen molar-refractivity contribution in [3.63, 3.8) is 0 Å². The predicted octanol–water partition coefficient (Wildman–Crippen LogP) is 2.06. The van der Waals surface area contributed by atoms with Crippen LogP contribution in [0.2, 0.25) is 0 Å². The number of carbonyl (C=O) groups excluding carboxylic acids is 1. The number of hydrogen-bond donors (Lipinski definition) is 1. The van der Waals surface area contributed by atoms with Gasteiger partial charge in [0, 0.05) is 19.2 Å². The summed E-state index contributed by atoms with van der Waals surface area (Å²) in [5.41, 5.74) is 1.78. The Hall–Kier alpha value is -2.58. The maximum absolute atomic E-state index is 11.9. The fraction of sp³-hybridized carbons (Fsp3) is 0.294. The molecule has 22 heavy (non-hydrogen) atoms. The van der Waals surface area contributed by atoms with E-state index in [0.717, 1.165) is 16.9 Å². The van der Waals surface area contributed by atoms with Crippen LogP contribution in [0.4, 0.5) is 0 Å². The number of ether oxygens (including phenoxy) is 2. The fourth-order valence-corrected chi connectivity index (χ4v) is 2.10. The molecule has 0 spiro atoms. The Kier molecular flexibility index (Phi) is 5.34. The summed E-state index contributed by atoms with van der Waals surface area (Å²) >= 11 is 0. The Morgan fingerprint density at radius 2 is 2.27 bits per heavy atom. The lowest BCUT2D eigenvalue weighted by atomic mass is 10.0. The number of hydrogen-bond acceptors (Lipinski definition) is 4. The highest BCUT2D eigenvalue weighted by molar-refractivity contribution is 5.98. The molecule has 0 bridgehead atoms. The zero-order chi connectivity index (χ0) is 15.9. The molecule has 0 aromatic heterocycles. The van der Waals surface area contributed by atoms with Crippen LogP contribution in [0.5, 0.6) is 5.75 Å². The molecule has 0 saturated heterocycles. The number of fused-ring (bicyclic) bond motifs is 1. The molecule has 1 aromatic carbocycles. The number of methoxy groups -OCH3 is 1. The Labute approximate surface area is 129 Å². The molecule has 1 N–H and O–H groups in total. The maximum atomic E-state index is 11.9. The highest BCUT2D eigenvalue weighted by atomic mass is 16.5. The normalized spacial score (nSPS) is 16.9. The van der Waals surface area contributed by atoms with Crippen molar-refractivity contribution in [2.24, 2.45) is 0 Å². The Balaban J connectivity index is 2.21. The minimum absolute atomic E-state index is 0.0529. The molecule has 1 atom stereocenters. The van der Waals surface area contributed by atoms with E-state index < -0.39 is 5.91 Å². The second kappa shape index (κ2) is 7.43. The minimum atomic E-state index is -0.411. The predicted molar refractivity (Wildman–Crippen MR) is 83.1 cm³/mol. The maximum Gasteiger partial charge on any atom is 0.262 e. The minimum Gasteiger partial charge on any atom is -0.485 e. The molecule has 1 aliphatic rings. The quantitative estimate of drug-likeness (QED) is 0.513. The Bertz CT molecular complexity index is 656. The lowest BCUT2D eigenvalue weighted by Crippen LogP contribution is -2.28. The summed E-state index contributed by atoms with van der Waals surface area (Å²) in [4.78, 5) is 11.9. The SMILES string of the molecule is COCCNC(=O)/C(C#N)=C/C1=Cc2ccccc2O[C@@H]1C. The van der Waals surface area contributed by atoms with Crippen LogP contribution in [-0.4, -0.2) is 32.3 Å². The average Bonchev–Trinajstić information content (AvgIpc) is 2.52. The smallest absolute Gasteiger partial charge is 0.262 e. The monoisotopic (exact) mass is 298 g/mol. The van der Waals surface area contributed by atoms with E-state index in [1.54, 1.807) is 13.2 Å². The van der Waals surface area contributed by atoms with Gasteiger partial charge in [0.25, 0.3) is 5.91 Å². The molecule has 1 aliphatic heterocycles. The van der Waals surface area contributed by atoms with Crippen molar-refractivity contribution in [3.8, 4) is 11.8 Å². The van der Waals surface area contributed by atoms with E-state index >= 15 is 0 Å². The summed E-state index contributed by atoms with van der Waals surface area (Å²) in [6.45, 7) is 2.65. The number of carbonyl (C=O) groups is 1. The zero-order valence-corrected chi connectivity index (χ0v) is 12.6. The lowest BCUT2D eigenvalue weighted by Gasteiger charge is -2.22. The van der Waals surface area contributed by atoms with Crippen molar-refractivity contribution in [2.45, 2.75) is 13.0 Å². The van der Waals surface area contributed by atoms with Crippen LogP contribution >= 0.6 is 0 Å². The highest BCUT2D eigenvalue weighted by Gasteiger charge is 2.19. The van der Waals surface area contributed by atoms with Crippen LogP contribution in [0, 0.1) is 11.3 Å². The first-order chi connectivity index (χ1) is 10.7. The fourth-order valence-electron chi connectivity index (χ4n) is 2.10. The molecule has 0 saturated carbocycles. The Morgan fingerprint density at radius 1 is 1.50 bits per heavy atom. The van der Waals surface area contributed by atoms with Gasteiger partial charge in [-0.3, -0.25) is 4.79 Å². The summed E-state index contributed by atoms with van der Waals surface area (Å²) in [6.07, 6.45) is 3.29. The van der Waals surface area contributed by atoms with E-state index in [-0.39, 0.29) is 11.7 Å². The van der Waals surface area contributed by atoms with Gasteiger partial charge in [-0.05, 0) is 30.7 Å². The van der Waals surface area contributed by atoms with E-state index in [2.05, 4.69) is 5.32 Å². The third-order valence-corrected chi connectivity index (χ3v) is 3.28. The summed E-state index contributed by atoms with van der Waals surface area (Å²) in [5.74, 6) is 0.390. The van der Waals surface area contributed by atoms with Crippen molar-refractivity contribution < 1.29 is 14.3 Å². The molecule has 0 aliphatic carbocycles. The average molecular weight is 298 g/mol. The van der Waals surface area contributed by atoms with Crippen molar-refractivity contribution >= 4 is 12.0 Å². The first-order valence-corrected chi connectivity index (χ1v) is 7.02. The van der Waals surface area contributed by atoms with Gasteiger partial charge >= 0.3 is 0 Å². The van der Waals surface area contributed by atoms with Crippen LogP contribution < -0.4 is 10.1 Å². The summed E-state index contributed by atoms with van der Waals surface area (Å²) in [5, 5.41) is 11.8. The van der Waals surface area contributed by atoms with Gasteiger partial charge in [-0.15, -0.1) is 0 Å². The van der Waals surface area contributed by atoms with E-state index in [1.165, 1.54) is 0 Å². The number of nitrogens with zero attached hydrogens (tertiary/aromatic N) is 1. The van der Waals surface area contributed by atoms with Gasteiger partial charge in [-0.25, -0.2) is 0 Å². The number of rotatable bonds is 5. The van der Waals surface area contributed by atoms with Gasteiger partial charge in [0.2, 0.25) is 0 Å². The molecule has 1 amide bonds. The van der Waals surface area contributed by atoms with E-state index in [4.69, 9.17) is 9.47 Å². The summed E-state index contributed by atoms with van der Waals surface area (Å²) in [6, 6.07) is 9.58. The van der Waals surface area contributed by atoms with Gasteiger partial charge in [0.15, 0.2) is 0 Å². The number of para-hydroxylation sites is 1. The van der Waals surface area contributed by atoms with Gasteiger partial charge < -0.3 is 14.8 Å². The van der Waals surface area contributed by atoms with Crippen molar-refractivity contribution in [3.05, 3.63) is 47.1 Å². The third kappa shape index (κ3) is 3.74. The van der Waals surface area contributed by atoms with Crippen LogP contribution in [0.15, 0.2) is 41.5 Å². The molecule has 1 heterocycles. The van der Waals surface area contributed by atoms with Gasteiger partial charge in [-0.1, -0.05) is 18.2 Å². The molecule has 0 unspecified atom stereocenters. The summed E-state index contributed by atoms with van der Waals surface area (Å²) < 4.78 is 10.7. The van der Waals surface area contributed by atoms with Crippen LogP contribution in [0.25, 0.3) is 6.08 Å². The van der Waals surface area contributed by atoms with E-state index in [1.807, 2.05) is 43.3 Å². The third-order valence-electron chi connectivity index (χ3n) is 3.28. The second-order valence-corrected chi connectivity index (χ2v) is 4.86. The first-order valence-electron chi connectivity index (χ1n) is 7.02. The van der Waals surface area contributed by atoms with Gasteiger partial charge in [0.1, 0.15) is 23.5 Å². The van der Waals surface area contributed by atoms with E-state index in [0.29, 0.717) is 13.2 Å². The van der Waals surface area contributed by atoms with Crippen LogP contribution in [-0.2, 0) is 9.53 Å². The second-order valence-electron chi connectivity index (χ2n) is 4.86. The van der Waals surface area contributed by atoms with Crippen LogP contribution in [0.1, 0.15) is 12.5 Å². The van der Waals surface area contributed by atoms with E-state index in [9.17, 15) is 10.1 Å². The molecule has 5 heteroatoms. The number of benzene rings is 1. The van der Waals surface area contributed by atoms with Crippen LogP contribution in [0.3, 0.4) is 0 Å². The summed E-state index contributed by atoms with van der Waals surface area (Å²) in [7, 11) is 1.55. The molecule has 0 radical (unpaired) electrons. The molecule has 2 rings (SSSR count). The Morgan fingerprint density at radius 3 is 3.00 bits per heavy atom. The molecular weight excluding hydrogens is 280 g/mol. The number of nitriles is 1. The lowest BCUT2D eigenvalue weighted by molar-refractivity contribution is -0.117. The van der Waals surface area contributed by atoms with Crippen molar-refractivity contribution in [2.75, 3.05) is 20.3 Å². The molecule has 114 valence electrons. The standard InChI is InChI=1S/C17H18N2O3/c1-12-14(9-13-5-3-4-6-16(13)22-12)10-15(11-18)17(20)19-7-8-21-2/h3-6,9-10,12H,7-8H2,1-2H3,(H,19,20)/b15-10+/t12-/m1/s1. The topological polar surface area (TPSA) is 71.3 Å².